The molecule has 1 aliphatic heterocycles. The molecule has 0 fully saturated rings. The van der Waals surface area contributed by atoms with Gasteiger partial charge in [-0.25, -0.2) is 4.79 Å². The van der Waals surface area contributed by atoms with E-state index in [0.717, 1.165) is 11.1 Å². The quantitative estimate of drug-likeness (QED) is 0.635. The van der Waals surface area contributed by atoms with Gasteiger partial charge in [0, 0.05) is 45.0 Å². The number of rotatable bonds is 3. The Labute approximate surface area is 137 Å². The van der Waals surface area contributed by atoms with Crippen LogP contribution in [0.15, 0.2) is 30.5 Å². The van der Waals surface area contributed by atoms with Crippen molar-refractivity contribution in [2.24, 2.45) is 0 Å². The average Bonchev–Trinajstić information content (AvgIpc) is 2.85. The Bertz CT molecular complexity index is 642. The normalized spacial score (nSPS) is 14.0. The third kappa shape index (κ3) is 4.58. The maximum atomic E-state index is 12.1. The number of ether oxygens (including phenoxy) is 1. The number of hydrogen-bond acceptors (Lipinski definition) is 4. The second-order valence-electron chi connectivity index (χ2n) is 6.96. The predicted octanol–water partition coefficient (Wildman–Crippen LogP) is 3.20. The first kappa shape index (κ1) is 17.1. The molecular weight excluding hydrogens is 292 g/mol. The summed E-state index contributed by atoms with van der Waals surface area (Å²) in [7, 11) is 3.73. The summed E-state index contributed by atoms with van der Waals surface area (Å²) >= 11 is 0. The van der Waals surface area contributed by atoms with Gasteiger partial charge in [-0.05, 0) is 38.0 Å². The molecule has 0 unspecified atom stereocenters. The fraction of sp³-hybridized carbons (Fsp3) is 0.444. The molecule has 0 N–H and O–H groups in total. The van der Waals surface area contributed by atoms with E-state index in [1.807, 2.05) is 51.9 Å². The Kier molecular flexibility index (Phi) is 4.78. The summed E-state index contributed by atoms with van der Waals surface area (Å²) in [4.78, 5) is 27.7. The molecule has 0 spiro atoms. The minimum atomic E-state index is -0.510. The second-order valence-corrected chi connectivity index (χ2v) is 6.96. The van der Waals surface area contributed by atoms with Gasteiger partial charge in [0.1, 0.15) is 5.60 Å². The van der Waals surface area contributed by atoms with Crippen LogP contribution in [-0.2, 0) is 17.8 Å². The lowest BCUT2D eigenvalue weighted by Crippen LogP contribution is -2.33. The van der Waals surface area contributed by atoms with Crippen LogP contribution in [0.5, 0.6) is 0 Å². The van der Waals surface area contributed by atoms with Crippen molar-refractivity contribution in [3.05, 3.63) is 47.2 Å². The molecule has 1 aromatic rings. The highest BCUT2D eigenvalue weighted by Gasteiger charge is 2.28. The van der Waals surface area contributed by atoms with Gasteiger partial charge in [0.25, 0.3) is 0 Å². The lowest BCUT2D eigenvalue weighted by Gasteiger charge is -2.24. The summed E-state index contributed by atoms with van der Waals surface area (Å²) in [6.07, 6.45) is 2.94. The molecule has 1 aromatic carbocycles. The Morgan fingerprint density at radius 1 is 1.17 bits per heavy atom. The summed E-state index contributed by atoms with van der Waals surface area (Å²) in [6.45, 7) is 6.54. The summed E-state index contributed by atoms with van der Waals surface area (Å²) in [5.41, 5.74) is 2.18. The number of allylic oxidation sites excluding steroid dienone is 1. The van der Waals surface area contributed by atoms with Gasteiger partial charge < -0.3 is 9.64 Å². The minimum absolute atomic E-state index is 0.0442. The van der Waals surface area contributed by atoms with Gasteiger partial charge >= 0.3 is 6.09 Å². The van der Waals surface area contributed by atoms with E-state index in [9.17, 15) is 9.59 Å². The molecule has 1 heterocycles. The number of amides is 1. The van der Waals surface area contributed by atoms with Gasteiger partial charge in [-0.15, -0.1) is 0 Å². The number of carbonyl (C=O) groups excluding carboxylic acids is 2. The van der Waals surface area contributed by atoms with E-state index < -0.39 is 5.60 Å². The van der Waals surface area contributed by atoms with E-state index in [4.69, 9.17) is 4.74 Å². The molecule has 0 radical (unpaired) electrons. The number of benzene rings is 1. The van der Waals surface area contributed by atoms with Crippen molar-refractivity contribution in [3.63, 3.8) is 0 Å². The van der Waals surface area contributed by atoms with Crippen LogP contribution in [0.2, 0.25) is 0 Å². The number of hydrogen-bond donors (Lipinski definition) is 0. The third-order valence-corrected chi connectivity index (χ3v) is 3.39. The van der Waals surface area contributed by atoms with Crippen LogP contribution in [0, 0.1) is 0 Å². The van der Waals surface area contributed by atoms with Gasteiger partial charge in [-0.3, -0.25) is 9.69 Å². The van der Waals surface area contributed by atoms with E-state index in [1.165, 1.54) is 0 Å². The summed E-state index contributed by atoms with van der Waals surface area (Å²) in [6, 6.07) is 5.58. The van der Waals surface area contributed by atoms with Crippen LogP contribution >= 0.6 is 0 Å². The lowest BCUT2D eigenvalue weighted by atomic mass is 10.0. The van der Waals surface area contributed by atoms with Crippen LogP contribution in [0.1, 0.15) is 42.3 Å². The largest absolute Gasteiger partial charge is 0.444 e. The molecule has 5 nitrogen and oxygen atoms in total. The fourth-order valence-corrected chi connectivity index (χ4v) is 2.32. The molecular formula is C18H24N2O3. The van der Waals surface area contributed by atoms with Gasteiger partial charge in [0.2, 0.25) is 0 Å². The fourth-order valence-electron chi connectivity index (χ4n) is 2.32. The van der Waals surface area contributed by atoms with Crippen LogP contribution in [0.3, 0.4) is 0 Å². The van der Waals surface area contributed by atoms with E-state index in [-0.39, 0.29) is 11.9 Å². The molecule has 0 aromatic heterocycles. The Morgan fingerprint density at radius 2 is 1.83 bits per heavy atom. The molecule has 0 atom stereocenters. The molecule has 0 bridgehead atoms. The molecule has 5 heteroatoms. The van der Waals surface area contributed by atoms with Crippen LogP contribution in [-0.4, -0.2) is 41.4 Å². The number of ketones is 1. The van der Waals surface area contributed by atoms with Gasteiger partial charge in [-0.1, -0.05) is 12.1 Å². The maximum absolute atomic E-state index is 12.1. The van der Waals surface area contributed by atoms with Crippen LogP contribution in [0.25, 0.3) is 0 Å². The summed E-state index contributed by atoms with van der Waals surface area (Å²) in [5, 5.41) is 0. The zero-order chi connectivity index (χ0) is 17.2. The first-order chi connectivity index (χ1) is 10.7. The molecule has 0 saturated heterocycles. The molecule has 124 valence electrons. The van der Waals surface area contributed by atoms with Crippen molar-refractivity contribution < 1.29 is 14.3 Å². The Balaban J connectivity index is 2.09. The monoisotopic (exact) mass is 316 g/mol. The Morgan fingerprint density at radius 3 is 2.43 bits per heavy atom. The zero-order valence-corrected chi connectivity index (χ0v) is 14.4. The molecule has 0 aliphatic carbocycles. The summed E-state index contributed by atoms with van der Waals surface area (Å²) < 4.78 is 5.40. The highest BCUT2D eigenvalue weighted by Crippen LogP contribution is 2.25. The standard InChI is InChI=1S/C18H24N2O3/c1-18(2,3)23-17(22)20-11-14-7-6-13(10-15(14)12-20)16(21)8-9-19(4)5/h6-10H,11-12H2,1-5H3. The van der Waals surface area contributed by atoms with Crippen molar-refractivity contribution in [1.82, 2.24) is 9.80 Å². The summed E-state index contributed by atoms with van der Waals surface area (Å²) in [5.74, 6) is -0.0442. The average molecular weight is 316 g/mol. The SMILES string of the molecule is CN(C)C=CC(=O)c1ccc2c(c1)CN(C(=O)OC(C)(C)C)C2. The van der Waals surface area contributed by atoms with Gasteiger partial charge in [0.15, 0.2) is 5.78 Å². The van der Waals surface area contributed by atoms with Crippen molar-refractivity contribution in [2.45, 2.75) is 39.5 Å². The van der Waals surface area contributed by atoms with Gasteiger partial charge in [0.05, 0.1) is 0 Å². The molecule has 0 saturated carbocycles. The number of carbonyl (C=O) groups is 2. The smallest absolute Gasteiger partial charge is 0.410 e. The second kappa shape index (κ2) is 6.44. The van der Waals surface area contributed by atoms with Crippen molar-refractivity contribution >= 4 is 11.9 Å². The molecule has 1 amide bonds. The highest BCUT2D eigenvalue weighted by molar-refractivity contribution is 6.04. The van der Waals surface area contributed by atoms with E-state index >= 15 is 0 Å². The maximum Gasteiger partial charge on any atom is 0.410 e. The zero-order valence-electron chi connectivity index (χ0n) is 14.4. The Hall–Kier alpha value is -2.30. The lowest BCUT2D eigenvalue weighted by molar-refractivity contribution is 0.0242. The van der Waals surface area contributed by atoms with E-state index in [0.29, 0.717) is 18.7 Å². The van der Waals surface area contributed by atoms with Crippen molar-refractivity contribution in [1.29, 1.82) is 0 Å². The molecule has 1 aliphatic rings. The first-order valence-corrected chi connectivity index (χ1v) is 7.64. The first-order valence-electron chi connectivity index (χ1n) is 7.64. The topological polar surface area (TPSA) is 49.9 Å². The third-order valence-electron chi connectivity index (χ3n) is 3.39. The highest BCUT2D eigenvalue weighted by atomic mass is 16.6. The van der Waals surface area contributed by atoms with Crippen molar-refractivity contribution in [3.8, 4) is 0 Å². The van der Waals surface area contributed by atoms with Crippen LogP contribution < -0.4 is 0 Å². The van der Waals surface area contributed by atoms with E-state index in [1.54, 1.807) is 23.2 Å². The van der Waals surface area contributed by atoms with Gasteiger partial charge in [-0.2, -0.15) is 0 Å². The van der Waals surface area contributed by atoms with Crippen molar-refractivity contribution in [2.75, 3.05) is 14.1 Å². The number of fused-ring (bicyclic) bond motifs is 1. The number of nitrogens with zero attached hydrogens (tertiary/aromatic N) is 2. The molecule has 2 rings (SSSR count). The minimum Gasteiger partial charge on any atom is -0.444 e. The predicted molar refractivity (Wildman–Crippen MR) is 89.1 cm³/mol. The molecule has 23 heavy (non-hydrogen) atoms. The van der Waals surface area contributed by atoms with E-state index in [2.05, 4.69) is 0 Å². The van der Waals surface area contributed by atoms with Crippen LogP contribution in [0.4, 0.5) is 4.79 Å².